The number of amidine groups is 1. The zero-order valence-corrected chi connectivity index (χ0v) is 14.9. The number of amides is 1. The molecule has 0 spiro atoms. The van der Waals surface area contributed by atoms with Crippen LogP contribution in [0, 0.1) is 0 Å². The molecule has 4 rings (SSSR count). The lowest BCUT2D eigenvalue weighted by Crippen LogP contribution is -2.19. The molecule has 1 saturated heterocycles. The lowest BCUT2D eigenvalue weighted by atomic mass is 10.1. The van der Waals surface area contributed by atoms with E-state index in [2.05, 4.69) is 27.0 Å². The van der Waals surface area contributed by atoms with E-state index in [-0.39, 0.29) is 5.91 Å². The summed E-state index contributed by atoms with van der Waals surface area (Å²) in [5, 5.41) is 5.09. The van der Waals surface area contributed by atoms with Crippen LogP contribution in [0.4, 0.5) is 5.69 Å². The Hall–Kier alpha value is -2.50. The van der Waals surface area contributed by atoms with Crippen LogP contribution >= 0.6 is 23.4 Å². The van der Waals surface area contributed by atoms with E-state index in [0.29, 0.717) is 20.8 Å². The van der Waals surface area contributed by atoms with Gasteiger partial charge in [-0.2, -0.15) is 0 Å². The first kappa shape index (κ1) is 16.0. The molecule has 0 saturated carbocycles. The zero-order chi connectivity index (χ0) is 17.4. The van der Waals surface area contributed by atoms with Crippen molar-refractivity contribution in [3.63, 3.8) is 0 Å². The Morgan fingerprint density at radius 2 is 2.04 bits per heavy atom. The highest BCUT2D eigenvalue weighted by Gasteiger charge is 2.24. The summed E-state index contributed by atoms with van der Waals surface area (Å²) >= 11 is 7.31. The summed E-state index contributed by atoms with van der Waals surface area (Å²) in [7, 11) is 2.00. The van der Waals surface area contributed by atoms with E-state index in [1.54, 1.807) is 12.1 Å². The van der Waals surface area contributed by atoms with E-state index in [4.69, 9.17) is 11.6 Å². The zero-order valence-electron chi connectivity index (χ0n) is 13.4. The van der Waals surface area contributed by atoms with Gasteiger partial charge in [0, 0.05) is 34.7 Å². The number of thioether (sulfide) groups is 1. The minimum absolute atomic E-state index is 0.140. The van der Waals surface area contributed by atoms with Gasteiger partial charge in [0.15, 0.2) is 5.17 Å². The molecule has 6 heteroatoms. The topological polar surface area (TPSA) is 46.4 Å². The number of hydrogen-bond acceptors (Lipinski definition) is 3. The molecule has 2 aromatic carbocycles. The maximum atomic E-state index is 12.3. The van der Waals surface area contributed by atoms with Crippen LogP contribution in [0.2, 0.25) is 5.02 Å². The summed E-state index contributed by atoms with van der Waals surface area (Å²) in [4.78, 5) is 17.3. The van der Waals surface area contributed by atoms with Gasteiger partial charge < -0.3 is 9.88 Å². The lowest BCUT2D eigenvalue weighted by molar-refractivity contribution is -0.115. The van der Waals surface area contributed by atoms with Gasteiger partial charge in [-0.1, -0.05) is 35.9 Å². The van der Waals surface area contributed by atoms with E-state index in [9.17, 15) is 4.79 Å². The second-order valence-electron chi connectivity index (χ2n) is 5.67. The van der Waals surface area contributed by atoms with Gasteiger partial charge in [0.2, 0.25) is 0 Å². The standard InChI is InChI=1S/C19H14ClN3OS/c1-23-11-12(15-7-2-3-8-16(15)23)9-17-18(24)22-19(25-17)21-14-6-4-5-13(20)10-14/h2-11H,1H3,(H,21,22,24)/b17-9-. The average Bonchev–Trinajstić information content (AvgIpc) is 3.09. The Kier molecular flexibility index (Phi) is 4.11. The Bertz CT molecular complexity index is 1050. The molecule has 0 aliphatic carbocycles. The van der Waals surface area contributed by atoms with E-state index in [1.807, 2.05) is 43.6 Å². The van der Waals surface area contributed by atoms with Crippen LogP contribution in [0.15, 0.2) is 64.6 Å². The quantitative estimate of drug-likeness (QED) is 0.666. The molecule has 1 N–H and O–H groups in total. The molecule has 0 unspecified atom stereocenters. The van der Waals surface area contributed by atoms with Crippen molar-refractivity contribution in [1.82, 2.24) is 9.88 Å². The first-order chi connectivity index (χ1) is 12.1. The molecule has 124 valence electrons. The van der Waals surface area contributed by atoms with E-state index in [1.165, 1.54) is 11.8 Å². The number of carbonyl (C=O) groups excluding carboxylic acids is 1. The second kappa shape index (κ2) is 6.43. The molecule has 1 fully saturated rings. The van der Waals surface area contributed by atoms with Gasteiger partial charge in [-0.15, -0.1) is 0 Å². The molecule has 1 aliphatic rings. The Labute approximate surface area is 154 Å². The SMILES string of the molecule is Cn1cc(/C=C2\SC(=Nc3cccc(Cl)c3)NC2=O)c2ccccc21. The number of hydrogen-bond donors (Lipinski definition) is 1. The van der Waals surface area contributed by atoms with Crippen LogP contribution in [0.25, 0.3) is 17.0 Å². The number of aliphatic imine (C=N–C) groups is 1. The van der Waals surface area contributed by atoms with Crippen molar-refractivity contribution in [1.29, 1.82) is 0 Å². The van der Waals surface area contributed by atoms with Crippen LogP contribution in [-0.4, -0.2) is 15.6 Å². The van der Waals surface area contributed by atoms with Crippen molar-refractivity contribution in [3.05, 3.63) is 70.2 Å². The number of fused-ring (bicyclic) bond motifs is 1. The van der Waals surface area contributed by atoms with Crippen LogP contribution in [0.3, 0.4) is 0 Å². The lowest BCUT2D eigenvalue weighted by Gasteiger charge is -1.96. The van der Waals surface area contributed by atoms with Gasteiger partial charge in [0.25, 0.3) is 5.91 Å². The predicted octanol–water partition coefficient (Wildman–Crippen LogP) is 4.72. The van der Waals surface area contributed by atoms with Gasteiger partial charge in [-0.05, 0) is 42.1 Å². The number of aromatic nitrogens is 1. The molecule has 2 heterocycles. The fraction of sp³-hybridized carbons (Fsp3) is 0.0526. The first-order valence-corrected chi connectivity index (χ1v) is 8.89. The Morgan fingerprint density at radius 3 is 2.88 bits per heavy atom. The van der Waals surface area contributed by atoms with Gasteiger partial charge in [-0.3, -0.25) is 4.79 Å². The molecule has 1 aliphatic heterocycles. The number of rotatable bonds is 2. The number of para-hydroxylation sites is 1. The van der Waals surface area contributed by atoms with Crippen LogP contribution in [-0.2, 0) is 11.8 Å². The molecule has 3 aromatic rings. The number of nitrogens with one attached hydrogen (secondary N) is 1. The van der Waals surface area contributed by atoms with Crippen LogP contribution in [0.1, 0.15) is 5.56 Å². The maximum absolute atomic E-state index is 12.3. The number of halogens is 1. The van der Waals surface area contributed by atoms with Crippen molar-refractivity contribution in [2.75, 3.05) is 0 Å². The molecule has 0 radical (unpaired) electrons. The third kappa shape index (κ3) is 3.21. The highest BCUT2D eigenvalue weighted by molar-refractivity contribution is 8.18. The molecule has 0 bridgehead atoms. The number of aryl methyl sites for hydroxylation is 1. The molecule has 1 aromatic heterocycles. The van der Waals surface area contributed by atoms with Crippen molar-refractivity contribution in [2.45, 2.75) is 0 Å². The average molecular weight is 368 g/mol. The fourth-order valence-electron chi connectivity index (χ4n) is 2.77. The number of benzene rings is 2. The maximum Gasteiger partial charge on any atom is 0.264 e. The normalized spacial score (nSPS) is 17.6. The van der Waals surface area contributed by atoms with Gasteiger partial charge in [0.05, 0.1) is 10.6 Å². The molecule has 1 amide bonds. The molecule has 0 atom stereocenters. The molecule has 25 heavy (non-hydrogen) atoms. The second-order valence-corrected chi connectivity index (χ2v) is 7.14. The monoisotopic (exact) mass is 367 g/mol. The number of carbonyl (C=O) groups is 1. The van der Waals surface area contributed by atoms with Gasteiger partial charge in [-0.25, -0.2) is 4.99 Å². The third-order valence-electron chi connectivity index (χ3n) is 3.90. The predicted molar refractivity (Wildman–Crippen MR) is 105 cm³/mol. The molecule has 4 nitrogen and oxygen atoms in total. The van der Waals surface area contributed by atoms with Crippen molar-refractivity contribution >= 4 is 57.1 Å². The Morgan fingerprint density at radius 1 is 1.20 bits per heavy atom. The van der Waals surface area contributed by atoms with Gasteiger partial charge in [0.1, 0.15) is 0 Å². The van der Waals surface area contributed by atoms with E-state index >= 15 is 0 Å². The highest BCUT2D eigenvalue weighted by atomic mass is 35.5. The van der Waals surface area contributed by atoms with Crippen molar-refractivity contribution in [3.8, 4) is 0 Å². The summed E-state index contributed by atoms with van der Waals surface area (Å²) in [5.74, 6) is -0.140. The van der Waals surface area contributed by atoms with Crippen LogP contribution in [0.5, 0.6) is 0 Å². The van der Waals surface area contributed by atoms with Crippen molar-refractivity contribution in [2.24, 2.45) is 12.0 Å². The summed E-state index contributed by atoms with van der Waals surface area (Å²) in [6.07, 6.45) is 3.93. The van der Waals surface area contributed by atoms with E-state index < -0.39 is 0 Å². The van der Waals surface area contributed by atoms with Crippen molar-refractivity contribution < 1.29 is 4.79 Å². The summed E-state index contributed by atoms with van der Waals surface area (Å²) in [6.45, 7) is 0. The first-order valence-electron chi connectivity index (χ1n) is 7.69. The van der Waals surface area contributed by atoms with Gasteiger partial charge >= 0.3 is 0 Å². The summed E-state index contributed by atoms with van der Waals surface area (Å²) in [6, 6.07) is 15.3. The number of nitrogens with zero attached hydrogens (tertiary/aromatic N) is 2. The Balaban J connectivity index is 1.67. The highest BCUT2D eigenvalue weighted by Crippen LogP contribution is 2.31. The fourth-order valence-corrected chi connectivity index (χ4v) is 3.79. The third-order valence-corrected chi connectivity index (χ3v) is 5.05. The molecular weight excluding hydrogens is 354 g/mol. The largest absolute Gasteiger partial charge is 0.350 e. The van der Waals surface area contributed by atoms with Crippen LogP contribution < -0.4 is 5.32 Å². The summed E-state index contributed by atoms with van der Waals surface area (Å²) in [5.41, 5.74) is 2.85. The minimum atomic E-state index is -0.140. The molecular formula is C19H14ClN3OS. The minimum Gasteiger partial charge on any atom is -0.350 e. The smallest absolute Gasteiger partial charge is 0.264 e. The van der Waals surface area contributed by atoms with E-state index in [0.717, 1.165) is 16.5 Å². The summed E-state index contributed by atoms with van der Waals surface area (Å²) < 4.78 is 2.06.